The average molecular weight is 351 g/mol. The summed E-state index contributed by atoms with van der Waals surface area (Å²) < 4.78 is 34.6. The molecule has 0 aliphatic rings. The van der Waals surface area contributed by atoms with Crippen molar-refractivity contribution in [3.05, 3.63) is 59.7 Å². The summed E-state index contributed by atoms with van der Waals surface area (Å²) in [7, 11) is 0. The Hall–Kier alpha value is -2.67. The van der Waals surface area contributed by atoms with Crippen molar-refractivity contribution in [1.29, 1.82) is 0 Å². The molecule has 1 unspecified atom stereocenters. The molecule has 0 saturated heterocycles. The minimum atomic E-state index is -2.99. The average Bonchev–Trinajstić information content (AvgIpc) is 2.57. The summed E-state index contributed by atoms with van der Waals surface area (Å²) in [6.07, 6.45) is 0. The number of carboxylic acid groups (broad SMARTS) is 1. The molecule has 0 spiro atoms. The maximum Gasteiger partial charge on any atom is 0.387 e. The van der Waals surface area contributed by atoms with Gasteiger partial charge in [-0.3, -0.25) is 10.1 Å². The number of nitrogens with one attached hydrogen (secondary N) is 1. The van der Waals surface area contributed by atoms with Crippen LogP contribution in [0.1, 0.15) is 24.1 Å². The van der Waals surface area contributed by atoms with E-state index in [1.54, 1.807) is 6.92 Å². The fraction of sp³-hybridized carbons (Fsp3) is 0.278. The van der Waals surface area contributed by atoms with Gasteiger partial charge in [0.25, 0.3) is 0 Å². The van der Waals surface area contributed by atoms with Crippen LogP contribution >= 0.6 is 0 Å². The number of benzene rings is 2. The second-order valence-electron chi connectivity index (χ2n) is 5.16. The first kappa shape index (κ1) is 18.7. The van der Waals surface area contributed by atoms with Crippen LogP contribution in [0.3, 0.4) is 0 Å². The lowest BCUT2D eigenvalue weighted by atomic mass is 10.1. The fourth-order valence-corrected chi connectivity index (χ4v) is 2.33. The van der Waals surface area contributed by atoms with Crippen molar-refractivity contribution in [2.75, 3.05) is 6.61 Å². The molecule has 2 rings (SSSR count). The van der Waals surface area contributed by atoms with E-state index in [1.807, 2.05) is 30.3 Å². The van der Waals surface area contributed by atoms with Crippen molar-refractivity contribution >= 4 is 5.97 Å². The third kappa shape index (κ3) is 5.42. The van der Waals surface area contributed by atoms with Crippen LogP contribution < -0.4 is 14.8 Å². The van der Waals surface area contributed by atoms with Crippen LogP contribution in [0.2, 0.25) is 0 Å². The van der Waals surface area contributed by atoms with Gasteiger partial charge >= 0.3 is 12.6 Å². The van der Waals surface area contributed by atoms with Crippen LogP contribution in [-0.4, -0.2) is 24.3 Å². The van der Waals surface area contributed by atoms with Crippen LogP contribution in [-0.2, 0) is 11.3 Å². The lowest BCUT2D eigenvalue weighted by molar-refractivity contribution is -0.139. The van der Waals surface area contributed by atoms with Crippen molar-refractivity contribution in [3.63, 3.8) is 0 Å². The molecule has 2 N–H and O–H groups in total. The second-order valence-corrected chi connectivity index (χ2v) is 5.16. The maximum absolute atomic E-state index is 12.5. The van der Waals surface area contributed by atoms with Gasteiger partial charge in [-0.15, -0.1) is 0 Å². The Morgan fingerprint density at radius 2 is 1.88 bits per heavy atom. The molecule has 2 aromatic rings. The number of carbonyl (C=O) groups is 1. The monoisotopic (exact) mass is 351 g/mol. The molecule has 2 aromatic carbocycles. The van der Waals surface area contributed by atoms with Gasteiger partial charge in [-0.1, -0.05) is 36.4 Å². The van der Waals surface area contributed by atoms with Gasteiger partial charge < -0.3 is 14.6 Å². The van der Waals surface area contributed by atoms with Crippen LogP contribution in [0.15, 0.2) is 48.5 Å². The highest BCUT2D eigenvalue weighted by atomic mass is 19.3. The molecule has 5 nitrogen and oxygen atoms in total. The first-order valence-corrected chi connectivity index (χ1v) is 7.73. The molecule has 7 heteroatoms. The maximum atomic E-state index is 12.5. The van der Waals surface area contributed by atoms with E-state index < -0.39 is 18.6 Å². The van der Waals surface area contributed by atoms with Crippen molar-refractivity contribution in [2.45, 2.75) is 26.1 Å². The van der Waals surface area contributed by atoms with Crippen molar-refractivity contribution < 1.29 is 28.2 Å². The lowest BCUT2D eigenvalue weighted by Gasteiger charge is -2.18. The zero-order valence-electron chi connectivity index (χ0n) is 13.6. The first-order chi connectivity index (χ1) is 12.0. The Balaban J connectivity index is 2.22. The van der Waals surface area contributed by atoms with E-state index in [-0.39, 0.29) is 18.1 Å². The SMILES string of the molecule is CCOc1cc(C(NCc2ccccc2)C(=O)O)ccc1OC(F)F. The number of carboxylic acids is 1. The Kier molecular flexibility index (Phi) is 6.71. The number of halogens is 2. The number of alkyl halides is 2. The Labute approximate surface area is 144 Å². The Morgan fingerprint density at radius 1 is 1.16 bits per heavy atom. The second kappa shape index (κ2) is 8.98. The molecule has 0 bridgehead atoms. The van der Waals surface area contributed by atoms with Gasteiger partial charge in [0.05, 0.1) is 6.61 Å². The first-order valence-electron chi connectivity index (χ1n) is 7.73. The Bertz CT molecular complexity index is 695. The van der Waals surface area contributed by atoms with Gasteiger partial charge in [-0.05, 0) is 30.2 Å². The lowest BCUT2D eigenvalue weighted by Crippen LogP contribution is -2.28. The van der Waals surface area contributed by atoms with Crippen molar-refractivity contribution in [2.24, 2.45) is 0 Å². The molecule has 0 radical (unpaired) electrons. The molecule has 0 fully saturated rings. The van der Waals surface area contributed by atoms with Crippen LogP contribution in [0, 0.1) is 0 Å². The van der Waals surface area contributed by atoms with Crippen LogP contribution in [0.4, 0.5) is 8.78 Å². The summed E-state index contributed by atoms with van der Waals surface area (Å²) in [5, 5.41) is 12.4. The van der Waals surface area contributed by atoms with E-state index in [9.17, 15) is 18.7 Å². The normalized spacial score (nSPS) is 12.0. The van der Waals surface area contributed by atoms with Crippen molar-refractivity contribution in [1.82, 2.24) is 5.32 Å². The summed E-state index contributed by atoms with van der Waals surface area (Å²) in [6, 6.07) is 12.4. The predicted octanol–water partition coefficient (Wildman–Crippen LogP) is 3.60. The minimum Gasteiger partial charge on any atom is -0.490 e. The molecule has 0 aliphatic carbocycles. The largest absolute Gasteiger partial charge is 0.490 e. The highest BCUT2D eigenvalue weighted by Crippen LogP contribution is 2.32. The van der Waals surface area contributed by atoms with E-state index in [4.69, 9.17) is 4.74 Å². The van der Waals surface area contributed by atoms with E-state index in [0.717, 1.165) is 5.56 Å². The number of rotatable bonds is 9. The molecule has 25 heavy (non-hydrogen) atoms. The van der Waals surface area contributed by atoms with Crippen LogP contribution in [0.5, 0.6) is 11.5 Å². The molecule has 0 heterocycles. The minimum absolute atomic E-state index is 0.0769. The fourth-order valence-electron chi connectivity index (χ4n) is 2.33. The molecule has 1 atom stereocenters. The number of ether oxygens (including phenoxy) is 2. The van der Waals surface area contributed by atoms with Gasteiger partial charge in [-0.25, -0.2) is 0 Å². The summed E-state index contributed by atoms with van der Waals surface area (Å²) in [5.74, 6) is -1.14. The van der Waals surface area contributed by atoms with E-state index in [1.165, 1.54) is 18.2 Å². The van der Waals surface area contributed by atoms with Gasteiger partial charge in [0, 0.05) is 6.54 Å². The molecule has 0 saturated carbocycles. The molecule has 0 aromatic heterocycles. The molecular weight excluding hydrogens is 332 g/mol. The number of aliphatic carboxylic acids is 1. The molecule has 134 valence electrons. The molecular formula is C18H19F2NO4. The highest BCUT2D eigenvalue weighted by molar-refractivity contribution is 5.76. The van der Waals surface area contributed by atoms with E-state index >= 15 is 0 Å². The van der Waals surface area contributed by atoms with Gasteiger partial charge in [0.1, 0.15) is 6.04 Å². The highest BCUT2D eigenvalue weighted by Gasteiger charge is 2.22. The standard InChI is InChI=1S/C18H19F2NO4/c1-2-24-15-10-13(8-9-14(15)25-18(19)20)16(17(22)23)21-11-12-6-4-3-5-7-12/h3-10,16,18,21H,2,11H2,1H3,(H,22,23). The molecule has 0 aliphatic heterocycles. The quantitative estimate of drug-likeness (QED) is 0.722. The van der Waals surface area contributed by atoms with Crippen molar-refractivity contribution in [3.8, 4) is 11.5 Å². The van der Waals surface area contributed by atoms with Crippen LogP contribution in [0.25, 0.3) is 0 Å². The number of hydrogen-bond acceptors (Lipinski definition) is 4. The third-order valence-corrected chi connectivity index (χ3v) is 3.42. The summed E-state index contributed by atoms with van der Waals surface area (Å²) in [4.78, 5) is 11.6. The summed E-state index contributed by atoms with van der Waals surface area (Å²) >= 11 is 0. The summed E-state index contributed by atoms with van der Waals surface area (Å²) in [5.41, 5.74) is 1.31. The molecule has 0 amide bonds. The zero-order chi connectivity index (χ0) is 18.2. The third-order valence-electron chi connectivity index (χ3n) is 3.42. The zero-order valence-corrected chi connectivity index (χ0v) is 13.6. The van der Waals surface area contributed by atoms with Gasteiger partial charge in [-0.2, -0.15) is 8.78 Å². The summed E-state index contributed by atoms with van der Waals surface area (Å²) in [6.45, 7) is -0.715. The van der Waals surface area contributed by atoms with Gasteiger partial charge in [0.15, 0.2) is 11.5 Å². The topological polar surface area (TPSA) is 67.8 Å². The Morgan fingerprint density at radius 3 is 2.48 bits per heavy atom. The van der Waals surface area contributed by atoms with E-state index in [2.05, 4.69) is 10.1 Å². The predicted molar refractivity (Wildman–Crippen MR) is 87.9 cm³/mol. The van der Waals surface area contributed by atoms with Gasteiger partial charge in [0.2, 0.25) is 0 Å². The van der Waals surface area contributed by atoms with E-state index in [0.29, 0.717) is 12.1 Å². The smallest absolute Gasteiger partial charge is 0.387 e. The number of hydrogen-bond donors (Lipinski definition) is 2.